The van der Waals surface area contributed by atoms with Gasteiger partial charge in [0.25, 0.3) is 0 Å². The number of amides is 2. The second-order valence-electron chi connectivity index (χ2n) is 10.7. The number of hydrogen-bond acceptors (Lipinski definition) is 5. The van der Waals surface area contributed by atoms with Gasteiger partial charge < -0.3 is 9.33 Å². The molecular weight excluding hydrogens is 424 g/mol. The van der Waals surface area contributed by atoms with Gasteiger partial charge in [-0.1, -0.05) is 20.8 Å². The smallest absolute Gasteiger partial charge is 0.329 e. The molecule has 0 spiro atoms. The average molecular weight is 459 g/mol. The molecular formula is C23H34N4O4Si. The summed E-state index contributed by atoms with van der Waals surface area (Å²) in [5.74, 6) is -0.185. The van der Waals surface area contributed by atoms with Gasteiger partial charge in [0, 0.05) is 44.8 Å². The zero-order valence-electron chi connectivity index (χ0n) is 19.9. The molecule has 2 aliphatic heterocycles. The van der Waals surface area contributed by atoms with Gasteiger partial charge in [-0.25, -0.2) is 4.79 Å². The first kappa shape index (κ1) is 22.8. The van der Waals surface area contributed by atoms with Crippen LogP contribution in [0, 0.1) is 5.92 Å². The molecule has 1 atom stereocenters. The van der Waals surface area contributed by atoms with Crippen molar-refractivity contribution in [3.8, 4) is 0 Å². The molecule has 2 fully saturated rings. The van der Waals surface area contributed by atoms with Gasteiger partial charge in [0.15, 0.2) is 8.32 Å². The highest BCUT2D eigenvalue weighted by Crippen LogP contribution is 2.37. The molecule has 1 N–H and O–H groups in total. The van der Waals surface area contributed by atoms with Gasteiger partial charge in [-0.15, -0.1) is 0 Å². The van der Waals surface area contributed by atoms with Crippen LogP contribution in [0.15, 0.2) is 23.0 Å². The zero-order valence-corrected chi connectivity index (χ0v) is 20.9. The van der Waals surface area contributed by atoms with E-state index in [-0.39, 0.29) is 23.1 Å². The number of rotatable bonds is 5. The van der Waals surface area contributed by atoms with E-state index in [9.17, 15) is 14.4 Å². The third kappa shape index (κ3) is 3.92. The van der Waals surface area contributed by atoms with E-state index in [1.165, 1.54) is 4.57 Å². The summed E-state index contributed by atoms with van der Waals surface area (Å²) in [6, 6.07) is 5.28. The minimum atomic E-state index is -1.74. The van der Waals surface area contributed by atoms with Crippen LogP contribution in [0.5, 0.6) is 0 Å². The quantitative estimate of drug-likeness (QED) is 0.550. The maximum atomic E-state index is 12.9. The van der Waals surface area contributed by atoms with Crippen LogP contribution in [0.25, 0.3) is 11.0 Å². The zero-order chi connectivity index (χ0) is 23.4. The Balaban J connectivity index is 1.49. The summed E-state index contributed by atoms with van der Waals surface area (Å²) in [6.45, 7) is 14.0. The van der Waals surface area contributed by atoms with Gasteiger partial charge in [0.05, 0.1) is 11.0 Å². The largest absolute Gasteiger partial charge is 0.416 e. The highest BCUT2D eigenvalue weighted by Gasteiger charge is 2.39. The van der Waals surface area contributed by atoms with Gasteiger partial charge >= 0.3 is 5.69 Å². The molecule has 1 aromatic carbocycles. The van der Waals surface area contributed by atoms with E-state index in [2.05, 4.69) is 44.1 Å². The maximum absolute atomic E-state index is 12.9. The average Bonchev–Trinajstić information content (AvgIpc) is 2.90. The topological polar surface area (TPSA) is 85.6 Å². The SMILES string of the molecule is Cn1c(=O)n(C2CCC(=O)NC2=O)c2ccc(N3CC(CO[Si](C)(C)C(C)(C)C)C3)cc21. The predicted octanol–water partition coefficient (Wildman–Crippen LogP) is 2.78. The first-order valence-corrected chi connectivity index (χ1v) is 14.2. The number of carbonyl (C=O) groups is 2. The first-order chi connectivity index (χ1) is 14.9. The fraction of sp³-hybridized carbons (Fsp3) is 0.609. The van der Waals surface area contributed by atoms with Gasteiger partial charge in [-0.2, -0.15) is 0 Å². The number of hydrogen-bond donors (Lipinski definition) is 1. The van der Waals surface area contributed by atoms with Crippen molar-refractivity contribution in [3.63, 3.8) is 0 Å². The summed E-state index contributed by atoms with van der Waals surface area (Å²) in [4.78, 5) is 39.1. The molecule has 8 nitrogen and oxygen atoms in total. The molecule has 1 unspecified atom stereocenters. The molecule has 2 amide bonds. The van der Waals surface area contributed by atoms with Crippen LogP contribution in [0.3, 0.4) is 0 Å². The number of carbonyl (C=O) groups excluding carboxylic acids is 2. The molecule has 0 saturated carbocycles. The number of benzene rings is 1. The number of aryl methyl sites for hydroxylation is 1. The van der Waals surface area contributed by atoms with E-state index < -0.39 is 20.3 Å². The second kappa shape index (κ2) is 7.88. The molecule has 2 saturated heterocycles. The van der Waals surface area contributed by atoms with Gasteiger partial charge in [0.2, 0.25) is 11.8 Å². The van der Waals surface area contributed by atoms with E-state index in [1.807, 2.05) is 18.2 Å². The van der Waals surface area contributed by atoms with E-state index in [1.54, 1.807) is 11.6 Å². The third-order valence-electron chi connectivity index (χ3n) is 7.40. The van der Waals surface area contributed by atoms with Crippen LogP contribution in [0.1, 0.15) is 39.7 Å². The van der Waals surface area contributed by atoms with Crippen LogP contribution >= 0.6 is 0 Å². The summed E-state index contributed by atoms with van der Waals surface area (Å²) >= 11 is 0. The Morgan fingerprint density at radius 1 is 1.12 bits per heavy atom. The molecule has 4 rings (SSSR count). The number of imidazole rings is 1. The Labute approximate surface area is 189 Å². The van der Waals surface area contributed by atoms with Crippen LogP contribution in [0.2, 0.25) is 18.1 Å². The molecule has 174 valence electrons. The van der Waals surface area contributed by atoms with Crippen LogP contribution in [-0.4, -0.2) is 49.0 Å². The lowest BCUT2D eigenvalue weighted by atomic mass is 10.0. The van der Waals surface area contributed by atoms with E-state index in [0.29, 0.717) is 17.9 Å². The van der Waals surface area contributed by atoms with Gasteiger partial charge in [0.1, 0.15) is 6.04 Å². The number of aromatic nitrogens is 2. The molecule has 2 aliphatic rings. The number of imide groups is 1. The van der Waals surface area contributed by atoms with Crippen LogP contribution in [-0.2, 0) is 21.1 Å². The lowest BCUT2D eigenvalue weighted by Crippen LogP contribution is -2.51. The van der Waals surface area contributed by atoms with Gasteiger partial charge in [-0.3, -0.25) is 24.0 Å². The molecule has 2 aromatic rings. The minimum Gasteiger partial charge on any atom is -0.416 e. The molecule has 0 aliphatic carbocycles. The monoisotopic (exact) mass is 458 g/mol. The standard InChI is InChI=1S/C23H34N4O4Si/c1-23(2,3)32(5,6)31-14-15-12-26(13-15)16-7-8-17-19(11-16)25(4)22(30)27(17)18-9-10-20(28)24-21(18)29/h7-8,11,15,18H,9-10,12-14H2,1-6H3,(H,24,28,29). The van der Waals surface area contributed by atoms with E-state index in [0.717, 1.165) is 30.9 Å². The fourth-order valence-corrected chi connectivity index (χ4v) is 5.29. The van der Waals surface area contributed by atoms with Gasteiger partial charge in [-0.05, 0) is 42.8 Å². The molecule has 1 aromatic heterocycles. The van der Waals surface area contributed by atoms with Crippen molar-refractivity contribution in [2.45, 2.75) is 57.8 Å². The summed E-state index contributed by atoms with van der Waals surface area (Å²) < 4.78 is 9.48. The van der Waals surface area contributed by atoms with Crippen molar-refractivity contribution < 1.29 is 14.0 Å². The molecule has 3 heterocycles. The van der Waals surface area contributed by atoms with Crippen molar-refractivity contribution in [1.29, 1.82) is 0 Å². The fourth-order valence-electron chi connectivity index (χ4n) is 4.21. The molecule has 0 radical (unpaired) electrons. The number of nitrogens with one attached hydrogen (secondary N) is 1. The van der Waals surface area contributed by atoms with Crippen molar-refractivity contribution in [2.75, 3.05) is 24.6 Å². The van der Waals surface area contributed by atoms with Crippen molar-refractivity contribution in [2.24, 2.45) is 13.0 Å². The lowest BCUT2D eigenvalue weighted by Gasteiger charge is -2.44. The van der Waals surface area contributed by atoms with E-state index in [4.69, 9.17) is 4.43 Å². The minimum absolute atomic E-state index is 0.210. The first-order valence-electron chi connectivity index (χ1n) is 11.3. The number of piperidine rings is 1. The Morgan fingerprint density at radius 2 is 1.81 bits per heavy atom. The molecule has 9 heteroatoms. The number of anilines is 1. The maximum Gasteiger partial charge on any atom is 0.329 e. The summed E-state index contributed by atoms with van der Waals surface area (Å²) in [5.41, 5.74) is 2.33. The summed E-state index contributed by atoms with van der Waals surface area (Å²) in [6.07, 6.45) is 0.580. The number of fused-ring (bicyclic) bond motifs is 1. The Bertz CT molecular complexity index is 1120. The molecule has 0 bridgehead atoms. The summed E-state index contributed by atoms with van der Waals surface area (Å²) in [5, 5.41) is 2.56. The van der Waals surface area contributed by atoms with Crippen LogP contribution < -0.4 is 15.9 Å². The van der Waals surface area contributed by atoms with E-state index >= 15 is 0 Å². The predicted molar refractivity (Wildman–Crippen MR) is 127 cm³/mol. The Morgan fingerprint density at radius 3 is 2.44 bits per heavy atom. The normalized spacial score (nSPS) is 20.6. The highest BCUT2D eigenvalue weighted by molar-refractivity contribution is 6.74. The summed E-state index contributed by atoms with van der Waals surface area (Å²) in [7, 11) is -0.0133. The Kier molecular flexibility index (Phi) is 5.61. The number of nitrogens with zero attached hydrogens (tertiary/aromatic N) is 3. The third-order valence-corrected chi connectivity index (χ3v) is 11.9. The lowest BCUT2D eigenvalue weighted by molar-refractivity contribution is -0.135. The Hall–Kier alpha value is -2.39. The van der Waals surface area contributed by atoms with Crippen LogP contribution in [0.4, 0.5) is 5.69 Å². The van der Waals surface area contributed by atoms with Crippen molar-refractivity contribution in [1.82, 2.24) is 14.5 Å². The second-order valence-corrected chi connectivity index (χ2v) is 15.5. The molecule has 32 heavy (non-hydrogen) atoms. The highest BCUT2D eigenvalue weighted by atomic mass is 28.4. The van der Waals surface area contributed by atoms with Crippen molar-refractivity contribution >= 4 is 36.9 Å². The van der Waals surface area contributed by atoms with Crippen molar-refractivity contribution in [3.05, 3.63) is 28.7 Å².